The van der Waals surface area contributed by atoms with Crippen LogP contribution < -0.4 is 5.73 Å². The standard InChI is InChI=1S/C11H16N4O/c12-11(16)10(9-6-13-8-14-7-9)15-4-2-1-3-5-15/h6-8,10H,1-5H2,(H2,12,16). The van der Waals surface area contributed by atoms with Gasteiger partial charge in [-0.2, -0.15) is 0 Å². The second kappa shape index (κ2) is 5.03. The summed E-state index contributed by atoms with van der Waals surface area (Å²) in [5, 5.41) is 0. The van der Waals surface area contributed by atoms with Gasteiger partial charge in [-0.05, 0) is 25.9 Å². The lowest BCUT2D eigenvalue weighted by Gasteiger charge is -2.32. The van der Waals surface area contributed by atoms with E-state index in [1.807, 2.05) is 0 Å². The number of nitrogens with zero attached hydrogens (tertiary/aromatic N) is 3. The molecule has 0 bridgehead atoms. The predicted molar refractivity (Wildman–Crippen MR) is 59.4 cm³/mol. The van der Waals surface area contributed by atoms with Crippen LogP contribution in [-0.2, 0) is 4.79 Å². The Bertz CT molecular complexity index is 348. The summed E-state index contributed by atoms with van der Waals surface area (Å²) in [6.07, 6.45) is 8.26. The number of aromatic nitrogens is 2. The molecule has 2 rings (SSSR count). The summed E-state index contributed by atoms with van der Waals surface area (Å²) in [6, 6.07) is -0.374. The van der Waals surface area contributed by atoms with Crippen LogP contribution in [0.2, 0.25) is 0 Å². The maximum atomic E-state index is 11.5. The van der Waals surface area contributed by atoms with Crippen LogP contribution in [0.15, 0.2) is 18.7 Å². The zero-order valence-electron chi connectivity index (χ0n) is 9.17. The number of amides is 1. The van der Waals surface area contributed by atoms with Crippen molar-refractivity contribution in [2.75, 3.05) is 13.1 Å². The Kier molecular flexibility index (Phi) is 3.46. The fraction of sp³-hybridized carbons (Fsp3) is 0.545. The summed E-state index contributed by atoms with van der Waals surface area (Å²) in [5.41, 5.74) is 6.25. The van der Waals surface area contributed by atoms with Gasteiger partial charge >= 0.3 is 0 Å². The highest BCUT2D eigenvalue weighted by Gasteiger charge is 2.27. The van der Waals surface area contributed by atoms with Crippen LogP contribution in [0.3, 0.4) is 0 Å². The maximum Gasteiger partial charge on any atom is 0.239 e. The Hall–Kier alpha value is -1.49. The van der Waals surface area contributed by atoms with E-state index in [-0.39, 0.29) is 11.9 Å². The number of primary amides is 1. The Balaban J connectivity index is 2.20. The lowest BCUT2D eigenvalue weighted by molar-refractivity contribution is -0.123. The fourth-order valence-corrected chi connectivity index (χ4v) is 2.18. The molecule has 5 nitrogen and oxygen atoms in total. The first kappa shape index (κ1) is 11.0. The third kappa shape index (κ3) is 2.36. The quantitative estimate of drug-likeness (QED) is 0.804. The van der Waals surface area contributed by atoms with Gasteiger partial charge in [-0.3, -0.25) is 9.69 Å². The summed E-state index contributed by atoms with van der Waals surface area (Å²) in [4.78, 5) is 21.5. The van der Waals surface area contributed by atoms with Crippen LogP contribution in [-0.4, -0.2) is 33.9 Å². The van der Waals surface area contributed by atoms with E-state index in [9.17, 15) is 4.79 Å². The number of piperidine rings is 1. The highest BCUT2D eigenvalue weighted by molar-refractivity contribution is 5.81. The molecular weight excluding hydrogens is 204 g/mol. The number of rotatable bonds is 3. The number of hydrogen-bond acceptors (Lipinski definition) is 4. The lowest BCUT2D eigenvalue weighted by Crippen LogP contribution is -2.40. The van der Waals surface area contributed by atoms with Crippen LogP contribution in [0.4, 0.5) is 0 Å². The average Bonchev–Trinajstić information content (AvgIpc) is 2.31. The number of likely N-dealkylation sites (tertiary alicyclic amines) is 1. The molecule has 1 saturated heterocycles. The minimum atomic E-state index is -0.374. The summed E-state index contributed by atoms with van der Waals surface area (Å²) in [7, 11) is 0. The van der Waals surface area contributed by atoms with E-state index in [2.05, 4.69) is 14.9 Å². The molecule has 0 aliphatic carbocycles. The van der Waals surface area contributed by atoms with Gasteiger partial charge in [0.25, 0.3) is 0 Å². The van der Waals surface area contributed by atoms with Gasteiger partial charge in [0.1, 0.15) is 12.4 Å². The molecule has 0 spiro atoms. The monoisotopic (exact) mass is 220 g/mol. The lowest BCUT2D eigenvalue weighted by atomic mass is 10.0. The highest BCUT2D eigenvalue weighted by atomic mass is 16.1. The zero-order chi connectivity index (χ0) is 11.4. The molecule has 2 N–H and O–H groups in total. The molecule has 16 heavy (non-hydrogen) atoms. The van der Waals surface area contributed by atoms with Crippen molar-refractivity contribution in [3.05, 3.63) is 24.3 Å². The van der Waals surface area contributed by atoms with Crippen LogP contribution >= 0.6 is 0 Å². The second-order valence-corrected chi connectivity index (χ2v) is 4.07. The normalized spacial score (nSPS) is 19.2. The molecule has 1 amide bonds. The zero-order valence-corrected chi connectivity index (χ0v) is 9.17. The van der Waals surface area contributed by atoms with E-state index in [0.717, 1.165) is 31.5 Å². The molecule has 0 radical (unpaired) electrons. The van der Waals surface area contributed by atoms with Crippen molar-refractivity contribution in [2.45, 2.75) is 25.3 Å². The van der Waals surface area contributed by atoms with E-state index in [4.69, 9.17) is 5.73 Å². The van der Waals surface area contributed by atoms with Crippen LogP contribution in [0.5, 0.6) is 0 Å². The minimum absolute atomic E-state index is 0.322. The number of carbonyl (C=O) groups is 1. The van der Waals surface area contributed by atoms with Crippen LogP contribution in [0.25, 0.3) is 0 Å². The van der Waals surface area contributed by atoms with Crippen molar-refractivity contribution in [1.82, 2.24) is 14.9 Å². The smallest absolute Gasteiger partial charge is 0.239 e. The topological polar surface area (TPSA) is 72.1 Å². The molecule has 2 heterocycles. The molecule has 1 aliphatic rings. The molecular formula is C11H16N4O. The predicted octanol–water partition coefficient (Wildman–Crippen LogP) is 0.489. The van der Waals surface area contributed by atoms with Gasteiger partial charge in [-0.1, -0.05) is 6.42 Å². The van der Waals surface area contributed by atoms with Crippen molar-refractivity contribution in [2.24, 2.45) is 5.73 Å². The first-order chi connectivity index (χ1) is 7.79. The Labute approximate surface area is 94.7 Å². The van der Waals surface area contributed by atoms with E-state index < -0.39 is 0 Å². The summed E-state index contributed by atoms with van der Waals surface area (Å²) >= 11 is 0. The molecule has 1 aromatic rings. The summed E-state index contributed by atoms with van der Waals surface area (Å²) in [6.45, 7) is 1.84. The maximum absolute atomic E-state index is 11.5. The van der Waals surface area contributed by atoms with Crippen LogP contribution in [0.1, 0.15) is 30.9 Å². The van der Waals surface area contributed by atoms with Gasteiger partial charge in [0, 0.05) is 18.0 Å². The molecule has 0 saturated carbocycles. The van der Waals surface area contributed by atoms with Gasteiger partial charge in [-0.15, -0.1) is 0 Å². The van der Waals surface area contributed by atoms with Crippen molar-refractivity contribution in [3.63, 3.8) is 0 Å². The number of hydrogen-bond donors (Lipinski definition) is 1. The van der Waals surface area contributed by atoms with E-state index in [0.29, 0.717) is 0 Å². The van der Waals surface area contributed by atoms with Gasteiger partial charge in [0.05, 0.1) is 0 Å². The fourth-order valence-electron chi connectivity index (χ4n) is 2.18. The molecule has 86 valence electrons. The van der Waals surface area contributed by atoms with Gasteiger partial charge < -0.3 is 5.73 Å². The van der Waals surface area contributed by atoms with Crippen molar-refractivity contribution < 1.29 is 4.79 Å². The Morgan fingerprint density at radius 1 is 1.25 bits per heavy atom. The third-order valence-corrected chi connectivity index (χ3v) is 2.92. The van der Waals surface area contributed by atoms with E-state index in [1.54, 1.807) is 12.4 Å². The van der Waals surface area contributed by atoms with Crippen molar-refractivity contribution >= 4 is 5.91 Å². The largest absolute Gasteiger partial charge is 0.368 e. The van der Waals surface area contributed by atoms with Crippen molar-refractivity contribution in [1.29, 1.82) is 0 Å². The third-order valence-electron chi connectivity index (χ3n) is 2.92. The Morgan fingerprint density at radius 2 is 1.88 bits per heavy atom. The van der Waals surface area contributed by atoms with Gasteiger partial charge in [0.15, 0.2) is 0 Å². The first-order valence-electron chi connectivity index (χ1n) is 5.57. The SMILES string of the molecule is NC(=O)C(c1cncnc1)N1CCCCC1. The van der Waals surface area contributed by atoms with Crippen LogP contribution in [0, 0.1) is 0 Å². The molecule has 1 fully saturated rings. The molecule has 0 aromatic carbocycles. The molecule has 5 heteroatoms. The van der Waals surface area contributed by atoms with E-state index >= 15 is 0 Å². The number of carbonyl (C=O) groups excluding carboxylic acids is 1. The summed E-state index contributed by atoms with van der Waals surface area (Å²) < 4.78 is 0. The van der Waals surface area contributed by atoms with Crippen molar-refractivity contribution in [3.8, 4) is 0 Å². The number of nitrogens with two attached hydrogens (primary N) is 1. The molecule has 1 unspecified atom stereocenters. The summed E-state index contributed by atoms with van der Waals surface area (Å²) in [5.74, 6) is -0.322. The molecule has 1 atom stereocenters. The Morgan fingerprint density at radius 3 is 2.44 bits per heavy atom. The average molecular weight is 220 g/mol. The minimum Gasteiger partial charge on any atom is -0.368 e. The highest BCUT2D eigenvalue weighted by Crippen LogP contribution is 2.23. The molecule has 1 aliphatic heterocycles. The van der Waals surface area contributed by atoms with Gasteiger partial charge in [0.2, 0.25) is 5.91 Å². The molecule has 1 aromatic heterocycles. The second-order valence-electron chi connectivity index (χ2n) is 4.07. The first-order valence-corrected chi connectivity index (χ1v) is 5.57. The van der Waals surface area contributed by atoms with Gasteiger partial charge in [-0.25, -0.2) is 9.97 Å². The van der Waals surface area contributed by atoms with E-state index in [1.165, 1.54) is 12.7 Å².